The van der Waals surface area contributed by atoms with Crippen LogP contribution in [0.15, 0.2) is 0 Å². The molecule has 0 aromatic heterocycles. The minimum absolute atomic E-state index is 0.00306. The topological polar surface area (TPSA) is 61.7 Å². The fourth-order valence-electron chi connectivity index (χ4n) is 1.03. The van der Waals surface area contributed by atoms with E-state index in [1.807, 2.05) is 0 Å². The fourth-order valence-corrected chi connectivity index (χ4v) is 1.03. The maximum atomic E-state index is 9.50. The van der Waals surface area contributed by atoms with Crippen LogP contribution in [0.25, 0.3) is 0 Å². The zero-order chi connectivity index (χ0) is 8.32. The third kappa shape index (κ3) is 2.75. The lowest BCUT2D eigenvalue weighted by Crippen LogP contribution is -2.38. The Kier molecular flexibility index (Phi) is 2.84. The minimum atomic E-state index is -0.802. The van der Waals surface area contributed by atoms with Crippen molar-refractivity contribution in [2.45, 2.75) is 18.6 Å². The largest absolute Gasteiger partial charge is 0.394 e. The minimum Gasteiger partial charge on any atom is -0.394 e. The Bertz CT molecular complexity index is 127. The Morgan fingerprint density at radius 3 is 3.09 bits per heavy atom. The van der Waals surface area contributed by atoms with Gasteiger partial charge in [0, 0.05) is 13.1 Å². The standard InChI is InChI=1S/C7H15NO3/c1-7(10)4-8-2-6(3-9)11-5-7/h6,8-10H,2-5H2,1H3. The number of aliphatic hydroxyl groups excluding tert-OH is 1. The van der Waals surface area contributed by atoms with Crippen molar-refractivity contribution in [3.05, 3.63) is 0 Å². The van der Waals surface area contributed by atoms with E-state index in [-0.39, 0.29) is 19.3 Å². The van der Waals surface area contributed by atoms with E-state index < -0.39 is 5.60 Å². The van der Waals surface area contributed by atoms with E-state index in [9.17, 15) is 5.11 Å². The van der Waals surface area contributed by atoms with Crippen molar-refractivity contribution in [1.29, 1.82) is 0 Å². The van der Waals surface area contributed by atoms with Gasteiger partial charge in [-0.1, -0.05) is 0 Å². The number of hydrogen-bond donors (Lipinski definition) is 3. The summed E-state index contributed by atoms with van der Waals surface area (Å²) >= 11 is 0. The van der Waals surface area contributed by atoms with Gasteiger partial charge in [-0.15, -0.1) is 0 Å². The van der Waals surface area contributed by atoms with Crippen molar-refractivity contribution in [2.75, 3.05) is 26.3 Å². The van der Waals surface area contributed by atoms with Gasteiger partial charge in [-0.2, -0.15) is 0 Å². The maximum absolute atomic E-state index is 9.50. The molecule has 0 saturated carbocycles. The zero-order valence-electron chi connectivity index (χ0n) is 6.71. The molecule has 0 aromatic rings. The second-order valence-corrected chi connectivity index (χ2v) is 3.24. The first-order valence-corrected chi connectivity index (χ1v) is 3.79. The van der Waals surface area contributed by atoms with Gasteiger partial charge in [-0.05, 0) is 6.92 Å². The zero-order valence-corrected chi connectivity index (χ0v) is 6.71. The van der Waals surface area contributed by atoms with Crippen molar-refractivity contribution in [3.8, 4) is 0 Å². The van der Waals surface area contributed by atoms with Crippen LogP contribution in [0, 0.1) is 0 Å². The molecule has 1 saturated heterocycles. The molecule has 0 spiro atoms. The van der Waals surface area contributed by atoms with Gasteiger partial charge in [-0.25, -0.2) is 0 Å². The highest BCUT2D eigenvalue weighted by Crippen LogP contribution is 2.07. The third-order valence-corrected chi connectivity index (χ3v) is 1.71. The number of ether oxygens (including phenoxy) is 1. The summed E-state index contributed by atoms with van der Waals surface area (Å²) in [4.78, 5) is 0. The second kappa shape index (κ2) is 3.49. The second-order valence-electron chi connectivity index (χ2n) is 3.24. The first kappa shape index (κ1) is 8.93. The van der Waals surface area contributed by atoms with E-state index in [2.05, 4.69) is 5.32 Å². The van der Waals surface area contributed by atoms with Gasteiger partial charge in [0.25, 0.3) is 0 Å². The first-order valence-electron chi connectivity index (χ1n) is 3.79. The lowest BCUT2D eigenvalue weighted by atomic mass is 10.1. The molecule has 1 aliphatic heterocycles. The number of β-amino-alcohol motifs (C(OH)–C–C–N with tert-alkyl or cyclic N) is 1. The smallest absolute Gasteiger partial charge is 0.0975 e. The van der Waals surface area contributed by atoms with Crippen LogP contribution in [0.5, 0.6) is 0 Å². The van der Waals surface area contributed by atoms with E-state index >= 15 is 0 Å². The van der Waals surface area contributed by atoms with Crippen LogP contribution in [0.4, 0.5) is 0 Å². The normalized spacial score (nSPS) is 40.1. The summed E-state index contributed by atoms with van der Waals surface area (Å²) in [7, 11) is 0. The molecule has 66 valence electrons. The number of rotatable bonds is 1. The lowest BCUT2D eigenvalue weighted by Gasteiger charge is -2.19. The number of nitrogens with one attached hydrogen (secondary N) is 1. The van der Waals surface area contributed by atoms with Crippen LogP contribution in [0.3, 0.4) is 0 Å². The van der Waals surface area contributed by atoms with E-state index in [0.717, 1.165) is 0 Å². The molecule has 4 nitrogen and oxygen atoms in total. The molecule has 2 atom stereocenters. The van der Waals surface area contributed by atoms with Gasteiger partial charge in [0.1, 0.15) is 0 Å². The van der Waals surface area contributed by atoms with Gasteiger partial charge in [0.15, 0.2) is 0 Å². The first-order chi connectivity index (χ1) is 5.14. The number of hydrogen-bond acceptors (Lipinski definition) is 4. The molecule has 0 aliphatic carbocycles. The summed E-state index contributed by atoms with van der Waals surface area (Å²) in [6.07, 6.45) is -0.177. The molecule has 1 heterocycles. The van der Waals surface area contributed by atoms with E-state index in [1.165, 1.54) is 0 Å². The highest BCUT2D eigenvalue weighted by Gasteiger charge is 2.25. The van der Waals surface area contributed by atoms with E-state index in [1.54, 1.807) is 6.92 Å². The number of aliphatic hydroxyl groups is 2. The Morgan fingerprint density at radius 2 is 2.45 bits per heavy atom. The molecule has 4 heteroatoms. The van der Waals surface area contributed by atoms with Crippen LogP contribution in [0.2, 0.25) is 0 Å². The quantitative estimate of drug-likeness (QED) is 0.448. The van der Waals surface area contributed by atoms with Crippen molar-refractivity contribution in [3.63, 3.8) is 0 Å². The van der Waals surface area contributed by atoms with Crippen LogP contribution < -0.4 is 5.32 Å². The molecule has 2 unspecified atom stereocenters. The summed E-state index contributed by atoms with van der Waals surface area (Å²) in [5.74, 6) is 0. The fraction of sp³-hybridized carbons (Fsp3) is 1.00. The molecular formula is C7H15NO3. The molecule has 11 heavy (non-hydrogen) atoms. The molecule has 0 radical (unpaired) electrons. The molecular weight excluding hydrogens is 146 g/mol. The van der Waals surface area contributed by atoms with Gasteiger partial charge in [0.2, 0.25) is 0 Å². The SMILES string of the molecule is CC1(O)CNCC(CO)OC1. The van der Waals surface area contributed by atoms with Crippen LogP contribution in [0.1, 0.15) is 6.92 Å². The summed E-state index contributed by atoms with van der Waals surface area (Å²) < 4.78 is 5.20. The summed E-state index contributed by atoms with van der Waals surface area (Å²) in [6, 6.07) is 0. The van der Waals surface area contributed by atoms with Crippen molar-refractivity contribution < 1.29 is 14.9 Å². The van der Waals surface area contributed by atoms with Gasteiger partial charge < -0.3 is 20.3 Å². The average molecular weight is 161 g/mol. The predicted molar refractivity (Wildman–Crippen MR) is 40.3 cm³/mol. The molecule has 3 N–H and O–H groups in total. The highest BCUT2D eigenvalue weighted by molar-refractivity contribution is 4.80. The summed E-state index contributed by atoms with van der Waals surface area (Å²) in [5, 5.41) is 21.2. The van der Waals surface area contributed by atoms with Crippen molar-refractivity contribution in [1.82, 2.24) is 5.32 Å². The Labute approximate surface area is 66.2 Å². The molecule has 0 amide bonds. The van der Waals surface area contributed by atoms with E-state index in [0.29, 0.717) is 13.1 Å². The predicted octanol–water partition coefficient (Wildman–Crippen LogP) is -1.28. The van der Waals surface area contributed by atoms with Gasteiger partial charge >= 0.3 is 0 Å². The molecule has 0 bridgehead atoms. The Balaban J connectivity index is 2.39. The summed E-state index contributed by atoms with van der Waals surface area (Å²) in [5.41, 5.74) is -0.802. The molecule has 0 aromatic carbocycles. The van der Waals surface area contributed by atoms with Crippen molar-refractivity contribution in [2.24, 2.45) is 0 Å². The Hall–Kier alpha value is -0.160. The average Bonchev–Trinajstić information content (AvgIpc) is 2.10. The van der Waals surface area contributed by atoms with Gasteiger partial charge in [0.05, 0.1) is 24.9 Å². The summed E-state index contributed by atoms with van der Waals surface area (Å²) in [6.45, 7) is 3.12. The molecule has 1 aliphatic rings. The van der Waals surface area contributed by atoms with Crippen molar-refractivity contribution >= 4 is 0 Å². The van der Waals surface area contributed by atoms with Gasteiger partial charge in [-0.3, -0.25) is 0 Å². The maximum Gasteiger partial charge on any atom is 0.0975 e. The molecule has 1 rings (SSSR count). The highest BCUT2D eigenvalue weighted by atomic mass is 16.5. The van der Waals surface area contributed by atoms with E-state index in [4.69, 9.17) is 9.84 Å². The van der Waals surface area contributed by atoms with Crippen LogP contribution >= 0.6 is 0 Å². The lowest BCUT2D eigenvalue weighted by molar-refractivity contribution is -0.0529. The Morgan fingerprint density at radius 1 is 1.73 bits per heavy atom. The third-order valence-electron chi connectivity index (χ3n) is 1.71. The van der Waals surface area contributed by atoms with Crippen LogP contribution in [-0.2, 0) is 4.74 Å². The van der Waals surface area contributed by atoms with Crippen LogP contribution in [-0.4, -0.2) is 48.2 Å². The monoisotopic (exact) mass is 161 g/mol. The molecule has 1 fully saturated rings.